The summed E-state index contributed by atoms with van der Waals surface area (Å²) in [5.41, 5.74) is 4.01. The van der Waals surface area contributed by atoms with Gasteiger partial charge in [-0.15, -0.1) is 0 Å². The summed E-state index contributed by atoms with van der Waals surface area (Å²) in [7, 11) is 0. The van der Waals surface area contributed by atoms with Crippen molar-refractivity contribution in [3.05, 3.63) is 70.9 Å². The van der Waals surface area contributed by atoms with E-state index in [0.717, 1.165) is 69.3 Å². The van der Waals surface area contributed by atoms with Gasteiger partial charge in [0, 0.05) is 54.8 Å². The van der Waals surface area contributed by atoms with Crippen molar-refractivity contribution in [3.8, 4) is 0 Å². The van der Waals surface area contributed by atoms with Gasteiger partial charge in [0.05, 0.1) is 0 Å². The number of amides is 1. The lowest BCUT2D eigenvalue weighted by Crippen LogP contribution is -2.41. The summed E-state index contributed by atoms with van der Waals surface area (Å²) in [6.45, 7) is 4.33. The van der Waals surface area contributed by atoms with Crippen LogP contribution in [0.1, 0.15) is 40.9 Å². The van der Waals surface area contributed by atoms with Crippen molar-refractivity contribution in [1.29, 1.82) is 0 Å². The quantitative estimate of drug-likeness (QED) is 0.658. The molecule has 0 spiro atoms. The standard InChI is InChI=1S/C25H27F2N3O/c26-19-5-3-18(4-6-19)25(31)30-11-1-2-17(15-30)9-12-29-13-10-24-22(16-29)21-14-20(27)7-8-23(21)28-24/h3-8,14,17,28H,1-2,9-13,15-16H2. The molecule has 1 unspecified atom stereocenters. The molecule has 1 saturated heterocycles. The van der Waals surface area contributed by atoms with Crippen LogP contribution in [-0.2, 0) is 13.0 Å². The Morgan fingerprint density at radius 2 is 1.87 bits per heavy atom. The molecule has 31 heavy (non-hydrogen) atoms. The molecule has 2 aliphatic heterocycles. The molecule has 162 valence electrons. The molecule has 0 aliphatic carbocycles. The van der Waals surface area contributed by atoms with Gasteiger partial charge in [-0.25, -0.2) is 8.78 Å². The van der Waals surface area contributed by atoms with Crippen LogP contribution in [0.4, 0.5) is 8.78 Å². The molecule has 1 aromatic heterocycles. The third-order valence-electron chi connectivity index (χ3n) is 6.77. The number of aromatic amines is 1. The van der Waals surface area contributed by atoms with Crippen LogP contribution in [0.3, 0.4) is 0 Å². The number of H-pyrrole nitrogens is 1. The molecule has 4 nitrogen and oxygen atoms in total. The minimum absolute atomic E-state index is 0.00636. The highest BCUT2D eigenvalue weighted by atomic mass is 19.1. The number of hydrogen-bond acceptors (Lipinski definition) is 2. The first-order valence-corrected chi connectivity index (χ1v) is 11.1. The second-order valence-corrected chi connectivity index (χ2v) is 8.85. The SMILES string of the molecule is O=C(c1ccc(F)cc1)N1CCCC(CCN2CCc3[nH]c4ccc(F)cc4c3C2)C1. The molecule has 3 aromatic rings. The summed E-state index contributed by atoms with van der Waals surface area (Å²) in [5, 5.41) is 0.994. The van der Waals surface area contributed by atoms with Crippen molar-refractivity contribution in [2.75, 3.05) is 26.2 Å². The topological polar surface area (TPSA) is 39.3 Å². The normalized spacial score (nSPS) is 19.5. The lowest BCUT2D eigenvalue weighted by molar-refractivity contribution is 0.0658. The largest absolute Gasteiger partial charge is 0.358 e. The van der Waals surface area contributed by atoms with Gasteiger partial charge in [0.1, 0.15) is 11.6 Å². The Labute approximate surface area is 180 Å². The Morgan fingerprint density at radius 3 is 2.71 bits per heavy atom. The molecular formula is C25H27F2N3O. The Morgan fingerprint density at radius 1 is 1.06 bits per heavy atom. The number of fused-ring (bicyclic) bond motifs is 3. The van der Waals surface area contributed by atoms with E-state index in [1.165, 1.54) is 29.5 Å². The van der Waals surface area contributed by atoms with Crippen LogP contribution in [0.15, 0.2) is 42.5 Å². The maximum Gasteiger partial charge on any atom is 0.253 e. The zero-order valence-corrected chi connectivity index (χ0v) is 17.5. The van der Waals surface area contributed by atoms with Crippen molar-refractivity contribution in [3.63, 3.8) is 0 Å². The van der Waals surface area contributed by atoms with Gasteiger partial charge in [0.25, 0.3) is 5.91 Å². The molecule has 0 radical (unpaired) electrons. The zero-order chi connectivity index (χ0) is 21.4. The molecule has 1 fully saturated rings. The molecular weight excluding hydrogens is 396 g/mol. The highest BCUT2D eigenvalue weighted by Gasteiger charge is 2.26. The summed E-state index contributed by atoms with van der Waals surface area (Å²) in [6.07, 6.45) is 4.12. The predicted molar refractivity (Wildman–Crippen MR) is 117 cm³/mol. The maximum absolute atomic E-state index is 13.7. The summed E-state index contributed by atoms with van der Waals surface area (Å²) in [6, 6.07) is 10.8. The third-order valence-corrected chi connectivity index (χ3v) is 6.77. The number of piperidine rings is 1. The van der Waals surface area contributed by atoms with Crippen molar-refractivity contribution < 1.29 is 13.6 Å². The van der Waals surface area contributed by atoms with Gasteiger partial charge in [-0.1, -0.05) is 0 Å². The second kappa shape index (κ2) is 8.42. The number of halogens is 2. The molecule has 0 bridgehead atoms. The van der Waals surface area contributed by atoms with Crippen molar-refractivity contribution in [1.82, 2.24) is 14.8 Å². The Balaban J connectivity index is 1.19. The van der Waals surface area contributed by atoms with Crippen molar-refractivity contribution >= 4 is 16.8 Å². The Kier molecular flexibility index (Phi) is 5.48. The monoisotopic (exact) mass is 423 g/mol. The highest BCUT2D eigenvalue weighted by molar-refractivity contribution is 5.94. The molecule has 6 heteroatoms. The molecule has 0 saturated carbocycles. The number of aromatic nitrogens is 1. The van der Waals surface area contributed by atoms with E-state index in [1.54, 1.807) is 18.2 Å². The van der Waals surface area contributed by atoms with Crippen molar-refractivity contribution in [2.24, 2.45) is 5.92 Å². The first-order valence-electron chi connectivity index (χ1n) is 11.1. The number of benzene rings is 2. The number of carbonyl (C=O) groups excluding carboxylic acids is 1. The van der Waals surface area contributed by atoms with Crippen molar-refractivity contribution in [2.45, 2.75) is 32.2 Å². The number of carbonyl (C=O) groups is 1. The molecule has 3 heterocycles. The number of likely N-dealkylation sites (tertiary alicyclic amines) is 1. The number of nitrogens with zero attached hydrogens (tertiary/aromatic N) is 2. The lowest BCUT2D eigenvalue weighted by atomic mass is 9.93. The van der Waals surface area contributed by atoms with Crippen LogP contribution < -0.4 is 0 Å². The van der Waals surface area contributed by atoms with E-state index in [1.807, 2.05) is 11.0 Å². The molecule has 2 aromatic carbocycles. The second-order valence-electron chi connectivity index (χ2n) is 8.85. The van der Waals surface area contributed by atoms with E-state index in [2.05, 4.69) is 9.88 Å². The average molecular weight is 424 g/mol. The first kappa shape index (κ1) is 20.2. The van der Waals surface area contributed by atoms with Gasteiger partial charge in [0.15, 0.2) is 0 Å². The van der Waals surface area contributed by atoms with Crippen LogP contribution in [0, 0.1) is 17.6 Å². The molecule has 5 rings (SSSR count). The minimum atomic E-state index is -0.323. The zero-order valence-electron chi connectivity index (χ0n) is 17.5. The molecule has 1 atom stereocenters. The Hall–Kier alpha value is -2.73. The van der Waals surface area contributed by atoms with Gasteiger partial charge < -0.3 is 9.88 Å². The smallest absolute Gasteiger partial charge is 0.253 e. The van der Waals surface area contributed by atoms with Gasteiger partial charge in [0.2, 0.25) is 0 Å². The van der Waals surface area contributed by atoms with Gasteiger partial charge in [-0.2, -0.15) is 0 Å². The summed E-state index contributed by atoms with van der Waals surface area (Å²) in [5.74, 6) is -0.0525. The summed E-state index contributed by atoms with van der Waals surface area (Å²) >= 11 is 0. The van der Waals surface area contributed by atoms with E-state index < -0.39 is 0 Å². The number of nitrogens with one attached hydrogen (secondary N) is 1. The summed E-state index contributed by atoms with van der Waals surface area (Å²) < 4.78 is 26.9. The van der Waals surface area contributed by atoms with E-state index in [4.69, 9.17) is 0 Å². The third kappa shape index (κ3) is 4.22. The van der Waals surface area contributed by atoms with Crippen LogP contribution in [0.2, 0.25) is 0 Å². The average Bonchev–Trinajstić information content (AvgIpc) is 3.15. The van der Waals surface area contributed by atoms with E-state index >= 15 is 0 Å². The fraction of sp³-hybridized carbons (Fsp3) is 0.400. The fourth-order valence-corrected chi connectivity index (χ4v) is 5.06. The molecule has 1 amide bonds. The van der Waals surface area contributed by atoms with E-state index in [9.17, 15) is 13.6 Å². The van der Waals surface area contributed by atoms with Gasteiger partial charge in [-0.3, -0.25) is 9.69 Å². The molecule has 2 aliphatic rings. The highest BCUT2D eigenvalue weighted by Crippen LogP contribution is 2.29. The first-order chi connectivity index (χ1) is 15.1. The van der Waals surface area contributed by atoms with E-state index in [0.29, 0.717) is 11.5 Å². The van der Waals surface area contributed by atoms with Crippen LogP contribution in [0.5, 0.6) is 0 Å². The van der Waals surface area contributed by atoms with Gasteiger partial charge >= 0.3 is 0 Å². The Bertz CT molecular complexity index is 1090. The minimum Gasteiger partial charge on any atom is -0.358 e. The van der Waals surface area contributed by atoms with Crippen LogP contribution in [-0.4, -0.2) is 46.9 Å². The lowest BCUT2D eigenvalue weighted by Gasteiger charge is -2.35. The van der Waals surface area contributed by atoms with Crippen LogP contribution >= 0.6 is 0 Å². The molecule has 1 N–H and O–H groups in total. The van der Waals surface area contributed by atoms with Crippen LogP contribution in [0.25, 0.3) is 10.9 Å². The fourth-order valence-electron chi connectivity index (χ4n) is 5.06. The summed E-state index contributed by atoms with van der Waals surface area (Å²) in [4.78, 5) is 20.6. The number of rotatable bonds is 4. The van der Waals surface area contributed by atoms with E-state index in [-0.39, 0.29) is 17.5 Å². The van der Waals surface area contributed by atoms with Gasteiger partial charge in [-0.05, 0) is 79.8 Å². The predicted octanol–water partition coefficient (Wildman–Crippen LogP) is 4.75. The maximum atomic E-state index is 13.7. The number of hydrogen-bond donors (Lipinski definition) is 1.